The summed E-state index contributed by atoms with van der Waals surface area (Å²) in [5.41, 5.74) is 1.47. The normalized spacial score (nSPS) is 30.2. The van der Waals surface area contributed by atoms with Gasteiger partial charge in [-0.2, -0.15) is 11.8 Å². The number of thioether (sulfide) groups is 1. The Morgan fingerprint density at radius 1 is 1.06 bits per heavy atom. The van der Waals surface area contributed by atoms with Crippen LogP contribution in [0.25, 0.3) is 0 Å². The van der Waals surface area contributed by atoms with Crippen molar-refractivity contribution in [1.29, 1.82) is 0 Å². The van der Waals surface area contributed by atoms with Gasteiger partial charge in [-0.25, -0.2) is 0 Å². The molecule has 2 atom stereocenters. The fraction of sp³-hybridized carbons (Fsp3) is 0.571. The van der Waals surface area contributed by atoms with Gasteiger partial charge in [-0.05, 0) is 35.3 Å². The highest BCUT2D eigenvalue weighted by Gasteiger charge is 2.30. The Morgan fingerprint density at radius 2 is 1.75 bits per heavy atom. The molecular weight excluding hydrogens is 214 g/mol. The Morgan fingerprint density at radius 3 is 2.44 bits per heavy atom. The molecule has 0 saturated carbocycles. The van der Waals surface area contributed by atoms with E-state index in [1.807, 2.05) is 0 Å². The second-order valence-corrected chi connectivity index (χ2v) is 6.26. The summed E-state index contributed by atoms with van der Waals surface area (Å²) < 4.78 is 0. The number of rotatable bonds is 2. The van der Waals surface area contributed by atoms with Crippen molar-refractivity contribution in [1.82, 2.24) is 4.90 Å². The van der Waals surface area contributed by atoms with Crippen molar-refractivity contribution >= 4 is 11.8 Å². The fourth-order valence-corrected chi connectivity index (χ4v) is 4.32. The molecule has 0 unspecified atom stereocenters. The number of hydrogen-bond acceptors (Lipinski definition) is 2. The van der Waals surface area contributed by atoms with Crippen LogP contribution in [0, 0.1) is 11.8 Å². The molecule has 2 aliphatic rings. The lowest BCUT2D eigenvalue weighted by Gasteiger charge is -2.41. The molecule has 0 radical (unpaired) electrons. The van der Waals surface area contributed by atoms with Crippen LogP contribution in [0.3, 0.4) is 0 Å². The van der Waals surface area contributed by atoms with E-state index in [0.717, 1.165) is 18.4 Å². The smallest absolute Gasteiger partial charge is 0.0233 e. The topological polar surface area (TPSA) is 3.24 Å². The zero-order valence-electron chi connectivity index (χ0n) is 9.64. The van der Waals surface area contributed by atoms with Gasteiger partial charge in [-0.1, -0.05) is 30.3 Å². The van der Waals surface area contributed by atoms with Gasteiger partial charge in [0.25, 0.3) is 0 Å². The molecule has 86 valence electrons. The second-order valence-electron chi connectivity index (χ2n) is 5.18. The molecular formula is C14H19NS. The predicted molar refractivity (Wildman–Crippen MR) is 70.6 cm³/mol. The molecule has 0 amide bonds. The fourth-order valence-electron chi connectivity index (χ4n) is 3.04. The quantitative estimate of drug-likeness (QED) is 0.773. The van der Waals surface area contributed by atoms with Crippen molar-refractivity contribution in [2.45, 2.75) is 13.0 Å². The van der Waals surface area contributed by atoms with E-state index in [-0.39, 0.29) is 0 Å². The standard InChI is InChI=1S/C14H19NS/c1-2-4-12(5-3-1)7-15-8-13-6-14(9-15)11-16-10-13/h1-5,13-14H,6-11H2/t13-,14-/m0/s1. The Labute approximate surface area is 102 Å². The number of nitrogens with zero attached hydrogens (tertiary/aromatic N) is 1. The summed E-state index contributed by atoms with van der Waals surface area (Å²) in [7, 11) is 0. The third-order valence-electron chi connectivity index (χ3n) is 3.66. The summed E-state index contributed by atoms with van der Waals surface area (Å²) in [6.45, 7) is 3.79. The molecule has 0 aromatic heterocycles. The van der Waals surface area contributed by atoms with Crippen molar-refractivity contribution in [3.63, 3.8) is 0 Å². The highest BCUT2D eigenvalue weighted by atomic mass is 32.2. The molecule has 1 nitrogen and oxygen atoms in total. The van der Waals surface area contributed by atoms with Crippen molar-refractivity contribution in [3.05, 3.63) is 35.9 Å². The molecule has 1 aromatic rings. The SMILES string of the molecule is c1ccc(CN2C[C@H]3CSC[C@@H](C3)C2)cc1. The molecule has 2 heterocycles. The molecule has 0 spiro atoms. The van der Waals surface area contributed by atoms with Gasteiger partial charge in [-0.3, -0.25) is 4.90 Å². The van der Waals surface area contributed by atoms with Gasteiger partial charge in [0.15, 0.2) is 0 Å². The molecule has 2 aliphatic heterocycles. The first-order valence-electron chi connectivity index (χ1n) is 6.24. The van der Waals surface area contributed by atoms with Crippen molar-refractivity contribution in [2.24, 2.45) is 11.8 Å². The lowest BCUT2D eigenvalue weighted by molar-refractivity contribution is 0.133. The summed E-state index contributed by atoms with van der Waals surface area (Å²) in [6.07, 6.45) is 1.48. The minimum Gasteiger partial charge on any atom is -0.298 e. The summed E-state index contributed by atoms with van der Waals surface area (Å²) in [5, 5.41) is 0. The molecule has 0 aliphatic carbocycles. The van der Waals surface area contributed by atoms with Crippen molar-refractivity contribution in [2.75, 3.05) is 24.6 Å². The van der Waals surface area contributed by atoms with E-state index in [2.05, 4.69) is 47.0 Å². The van der Waals surface area contributed by atoms with Gasteiger partial charge in [0.2, 0.25) is 0 Å². The Kier molecular flexibility index (Phi) is 3.20. The van der Waals surface area contributed by atoms with E-state index < -0.39 is 0 Å². The highest BCUT2D eigenvalue weighted by Crippen LogP contribution is 2.33. The van der Waals surface area contributed by atoms with E-state index in [1.165, 1.54) is 36.6 Å². The van der Waals surface area contributed by atoms with Crippen molar-refractivity contribution in [3.8, 4) is 0 Å². The third kappa shape index (κ3) is 2.44. The minimum absolute atomic E-state index is 0.959. The van der Waals surface area contributed by atoms with Crippen LogP contribution in [0.2, 0.25) is 0 Å². The Balaban J connectivity index is 1.63. The number of fused-ring (bicyclic) bond motifs is 2. The first kappa shape index (κ1) is 10.7. The van der Waals surface area contributed by atoms with Crippen LogP contribution in [-0.4, -0.2) is 29.5 Å². The van der Waals surface area contributed by atoms with Crippen LogP contribution >= 0.6 is 11.8 Å². The monoisotopic (exact) mass is 233 g/mol. The maximum Gasteiger partial charge on any atom is 0.0233 e. The average Bonchev–Trinajstić information content (AvgIpc) is 2.30. The van der Waals surface area contributed by atoms with Crippen LogP contribution in [0.15, 0.2) is 30.3 Å². The van der Waals surface area contributed by atoms with Crippen molar-refractivity contribution < 1.29 is 0 Å². The summed E-state index contributed by atoms with van der Waals surface area (Å²) in [6, 6.07) is 10.9. The van der Waals surface area contributed by atoms with Crippen LogP contribution in [0.1, 0.15) is 12.0 Å². The highest BCUT2D eigenvalue weighted by molar-refractivity contribution is 7.99. The molecule has 2 fully saturated rings. The van der Waals surface area contributed by atoms with E-state index in [1.54, 1.807) is 0 Å². The first-order chi connectivity index (χ1) is 7.90. The first-order valence-corrected chi connectivity index (χ1v) is 7.39. The largest absolute Gasteiger partial charge is 0.298 e. The average molecular weight is 233 g/mol. The van der Waals surface area contributed by atoms with Crippen LogP contribution in [0.4, 0.5) is 0 Å². The van der Waals surface area contributed by atoms with Gasteiger partial charge >= 0.3 is 0 Å². The summed E-state index contributed by atoms with van der Waals surface area (Å²) in [4.78, 5) is 2.66. The van der Waals surface area contributed by atoms with Crippen LogP contribution in [0.5, 0.6) is 0 Å². The van der Waals surface area contributed by atoms with Gasteiger partial charge < -0.3 is 0 Å². The molecule has 1 aromatic carbocycles. The number of benzene rings is 1. The molecule has 3 rings (SSSR count). The molecule has 2 heteroatoms. The second kappa shape index (κ2) is 4.80. The lowest BCUT2D eigenvalue weighted by Crippen LogP contribution is -2.43. The van der Waals surface area contributed by atoms with E-state index >= 15 is 0 Å². The Hall–Kier alpha value is -0.470. The predicted octanol–water partition coefficient (Wildman–Crippen LogP) is 2.87. The van der Waals surface area contributed by atoms with E-state index in [0.29, 0.717) is 0 Å². The van der Waals surface area contributed by atoms with Gasteiger partial charge in [-0.15, -0.1) is 0 Å². The van der Waals surface area contributed by atoms with E-state index in [9.17, 15) is 0 Å². The molecule has 2 bridgehead atoms. The Bertz CT molecular complexity index is 326. The maximum absolute atomic E-state index is 2.66. The van der Waals surface area contributed by atoms with Gasteiger partial charge in [0.05, 0.1) is 0 Å². The molecule has 0 N–H and O–H groups in total. The van der Waals surface area contributed by atoms with Crippen LogP contribution in [-0.2, 0) is 6.54 Å². The summed E-state index contributed by atoms with van der Waals surface area (Å²) in [5.74, 6) is 4.70. The van der Waals surface area contributed by atoms with Gasteiger partial charge in [0, 0.05) is 19.6 Å². The number of piperidine rings is 1. The zero-order chi connectivity index (χ0) is 10.8. The zero-order valence-corrected chi connectivity index (χ0v) is 10.5. The third-order valence-corrected chi connectivity index (χ3v) is 5.07. The van der Waals surface area contributed by atoms with E-state index in [4.69, 9.17) is 0 Å². The minimum atomic E-state index is 0.959. The maximum atomic E-state index is 2.66. The van der Waals surface area contributed by atoms with Gasteiger partial charge in [0.1, 0.15) is 0 Å². The molecule has 2 saturated heterocycles. The van der Waals surface area contributed by atoms with Crippen LogP contribution < -0.4 is 0 Å². The number of likely N-dealkylation sites (tertiary alicyclic amines) is 1. The number of hydrogen-bond donors (Lipinski definition) is 0. The summed E-state index contributed by atoms with van der Waals surface area (Å²) >= 11 is 2.17. The molecule has 16 heavy (non-hydrogen) atoms. The lowest BCUT2D eigenvalue weighted by atomic mass is 9.91.